The van der Waals surface area contributed by atoms with Crippen LogP contribution in [0, 0.1) is 0 Å². The number of nitrogens with zero attached hydrogens (tertiary/aromatic N) is 4. The Balaban J connectivity index is 1.46. The van der Waals surface area contributed by atoms with Gasteiger partial charge in [-0.25, -0.2) is 0 Å². The Morgan fingerprint density at radius 2 is 2.10 bits per heavy atom. The molecular weight excluding hydrogens is 362 g/mol. The number of methoxy groups -OCH3 is 1. The number of hydrogen-bond donors (Lipinski definition) is 1. The lowest BCUT2D eigenvalue weighted by atomic mass is 9.78. The van der Waals surface area contributed by atoms with Gasteiger partial charge in [-0.15, -0.1) is 0 Å². The molecule has 1 saturated heterocycles. The van der Waals surface area contributed by atoms with Gasteiger partial charge in [0.05, 0.1) is 13.3 Å². The Labute approximate surface area is 174 Å². The van der Waals surface area contributed by atoms with Crippen LogP contribution in [0.15, 0.2) is 41.7 Å². The SMILES string of the molecule is CN=C(NCC1(c2ccccc2OC)CCCC1)N1CCC(c2cnn(C)c2)C1. The van der Waals surface area contributed by atoms with Gasteiger partial charge >= 0.3 is 0 Å². The zero-order valence-corrected chi connectivity index (χ0v) is 17.9. The number of hydrogen-bond acceptors (Lipinski definition) is 3. The average molecular weight is 396 g/mol. The molecule has 0 bridgehead atoms. The van der Waals surface area contributed by atoms with Gasteiger partial charge < -0.3 is 15.0 Å². The summed E-state index contributed by atoms with van der Waals surface area (Å²) in [7, 11) is 5.65. The maximum atomic E-state index is 5.70. The van der Waals surface area contributed by atoms with Gasteiger partial charge in [-0.2, -0.15) is 5.10 Å². The van der Waals surface area contributed by atoms with Crippen molar-refractivity contribution in [2.75, 3.05) is 33.8 Å². The number of rotatable bonds is 5. The van der Waals surface area contributed by atoms with Crippen LogP contribution >= 0.6 is 0 Å². The van der Waals surface area contributed by atoms with E-state index in [9.17, 15) is 0 Å². The molecule has 6 heteroatoms. The van der Waals surface area contributed by atoms with Gasteiger partial charge in [0, 0.05) is 56.8 Å². The van der Waals surface area contributed by atoms with Gasteiger partial charge in [0.2, 0.25) is 0 Å². The second-order valence-corrected chi connectivity index (χ2v) is 8.47. The number of ether oxygens (including phenoxy) is 1. The summed E-state index contributed by atoms with van der Waals surface area (Å²) in [5, 5.41) is 8.06. The lowest BCUT2D eigenvalue weighted by Crippen LogP contribution is -2.46. The molecule has 0 radical (unpaired) electrons. The summed E-state index contributed by atoms with van der Waals surface area (Å²) in [4.78, 5) is 7.00. The first-order chi connectivity index (χ1) is 14.1. The number of guanidine groups is 1. The molecule has 1 aromatic carbocycles. The topological polar surface area (TPSA) is 54.7 Å². The van der Waals surface area contributed by atoms with Crippen LogP contribution in [-0.2, 0) is 12.5 Å². The van der Waals surface area contributed by atoms with E-state index < -0.39 is 0 Å². The standard InChI is InChI=1S/C23H33N5O/c1-24-22(28-13-10-18(16-28)19-14-26-27(2)15-19)25-17-23(11-6-7-12-23)20-8-4-5-9-21(20)29-3/h4-5,8-9,14-15,18H,6-7,10-13,16-17H2,1-3H3,(H,24,25). The highest BCUT2D eigenvalue weighted by atomic mass is 16.5. The van der Waals surface area contributed by atoms with Crippen LogP contribution in [0.2, 0.25) is 0 Å². The Morgan fingerprint density at radius 3 is 2.79 bits per heavy atom. The molecule has 1 saturated carbocycles. The van der Waals surface area contributed by atoms with Crippen molar-refractivity contribution >= 4 is 5.96 Å². The highest BCUT2D eigenvalue weighted by molar-refractivity contribution is 5.80. The van der Waals surface area contributed by atoms with E-state index in [4.69, 9.17) is 4.74 Å². The highest BCUT2D eigenvalue weighted by Crippen LogP contribution is 2.44. The maximum Gasteiger partial charge on any atom is 0.193 e. The van der Waals surface area contributed by atoms with Crippen LogP contribution in [-0.4, -0.2) is 54.4 Å². The van der Waals surface area contributed by atoms with E-state index in [2.05, 4.69) is 50.8 Å². The number of aliphatic imine (C=N–C) groups is 1. The Bertz CT molecular complexity index is 852. The monoisotopic (exact) mass is 395 g/mol. The van der Waals surface area contributed by atoms with Gasteiger partial charge in [0.1, 0.15) is 5.75 Å². The third kappa shape index (κ3) is 3.98. The van der Waals surface area contributed by atoms with Gasteiger partial charge in [-0.3, -0.25) is 9.67 Å². The van der Waals surface area contributed by atoms with Crippen molar-refractivity contribution in [2.45, 2.75) is 43.4 Å². The molecule has 0 amide bonds. The third-order valence-corrected chi connectivity index (χ3v) is 6.72. The zero-order chi connectivity index (χ0) is 20.3. The van der Waals surface area contributed by atoms with E-state index in [1.54, 1.807) is 7.11 Å². The summed E-state index contributed by atoms with van der Waals surface area (Å²) in [5.41, 5.74) is 2.77. The average Bonchev–Trinajstić information content (AvgIpc) is 3.50. The van der Waals surface area contributed by atoms with E-state index in [1.807, 2.05) is 25.0 Å². The fraction of sp³-hybridized carbons (Fsp3) is 0.565. The normalized spacial score (nSPS) is 21.6. The minimum atomic E-state index is 0.116. The van der Waals surface area contributed by atoms with E-state index in [0.717, 1.165) is 37.8 Å². The molecule has 6 nitrogen and oxygen atoms in total. The summed E-state index contributed by atoms with van der Waals surface area (Å²) in [6.07, 6.45) is 10.2. The zero-order valence-electron chi connectivity index (χ0n) is 17.9. The largest absolute Gasteiger partial charge is 0.496 e. The lowest BCUT2D eigenvalue weighted by molar-refractivity contribution is 0.367. The van der Waals surface area contributed by atoms with E-state index in [0.29, 0.717) is 5.92 Å². The summed E-state index contributed by atoms with van der Waals surface area (Å²) in [6, 6.07) is 8.51. The van der Waals surface area contributed by atoms with Crippen molar-refractivity contribution in [3.63, 3.8) is 0 Å². The minimum Gasteiger partial charge on any atom is -0.496 e. The van der Waals surface area contributed by atoms with Crippen molar-refractivity contribution in [3.05, 3.63) is 47.8 Å². The molecular formula is C23H33N5O. The highest BCUT2D eigenvalue weighted by Gasteiger charge is 2.38. The summed E-state index contributed by atoms with van der Waals surface area (Å²) >= 11 is 0. The third-order valence-electron chi connectivity index (χ3n) is 6.72. The molecule has 156 valence electrons. The van der Waals surface area contributed by atoms with Crippen molar-refractivity contribution in [2.24, 2.45) is 12.0 Å². The van der Waals surface area contributed by atoms with E-state index in [-0.39, 0.29) is 5.41 Å². The number of likely N-dealkylation sites (tertiary alicyclic amines) is 1. The van der Waals surface area contributed by atoms with Crippen LogP contribution in [0.25, 0.3) is 0 Å². The van der Waals surface area contributed by atoms with Crippen LogP contribution in [0.3, 0.4) is 0 Å². The predicted molar refractivity (Wildman–Crippen MR) is 117 cm³/mol. The second kappa shape index (κ2) is 8.47. The maximum absolute atomic E-state index is 5.70. The van der Waals surface area contributed by atoms with Crippen LogP contribution in [0.1, 0.15) is 49.1 Å². The predicted octanol–water partition coefficient (Wildman–Crippen LogP) is 3.31. The fourth-order valence-electron chi connectivity index (χ4n) is 5.13. The van der Waals surface area contributed by atoms with Crippen molar-refractivity contribution in [1.29, 1.82) is 0 Å². The van der Waals surface area contributed by atoms with Gasteiger partial charge in [0.25, 0.3) is 0 Å². The molecule has 1 unspecified atom stereocenters. The molecule has 1 aliphatic heterocycles. The van der Waals surface area contributed by atoms with Crippen LogP contribution in [0.5, 0.6) is 5.75 Å². The van der Waals surface area contributed by atoms with Gasteiger partial charge in [-0.1, -0.05) is 31.0 Å². The summed E-state index contributed by atoms with van der Waals surface area (Å²) < 4.78 is 7.60. The van der Waals surface area contributed by atoms with Gasteiger partial charge in [0.15, 0.2) is 5.96 Å². The lowest BCUT2D eigenvalue weighted by Gasteiger charge is -2.33. The molecule has 1 N–H and O–H groups in total. The van der Waals surface area contributed by atoms with Gasteiger partial charge in [-0.05, 0) is 30.9 Å². The first-order valence-corrected chi connectivity index (χ1v) is 10.7. The van der Waals surface area contributed by atoms with Crippen molar-refractivity contribution < 1.29 is 4.74 Å². The molecule has 2 aliphatic rings. The molecule has 1 atom stereocenters. The smallest absolute Gasteiger partial charge is 0.193 e. The number of benzene rings is 1. The molecule has 4 rings (SSSR count). The Kier molecular flexibility index (Phi) is 5.79. The number of para-hydroxylation sites is 1. The van der Waals surface area contributed by atoms with E-state index in [1.165, 1.54) is 36.8 Å². The van der Waals surface area contributed by atoms with Crippen molar-refractivity contribution in [3.8, 4) is 5.75 Å². The molecule has 0 spiro atoms. The number of aryl methyl sites for hydroxylation is 1. The van der Waals surface area contributed by atoms with Crippen LogP contribution in [0.4, 0.5) is 0 Å². The van der Waals surface area contributed by atoms with Crippen LogP contribution < -0.4 is 10.1 Å². The Hall–Kier alpha value is -2.50. The van der Waals surface area contributed by atoms with Crippen molar-refractivity contribution in [1.82, 2.24) is 20.0 Å². The number of aromatic nitrogens is 2. The molecule has 29 heavy (non-hydrogen) atoms. The Morgan fingerprint density at radius 1 is 1.31 bits per heavy atom. The first-order valence-electron chi connectivity index (χ1n) is 10.7. The minimum absolute atomic E-state index is 0.116. The first kappa shape index (κ1) is 19.8. The summed E-state index contributed by atoms with van der Waals surface area (Å²) in [6.45, 7) is 2.92. The molecule has 2 fully saturated rings. The number of nitrogens with one attached hydrogen (secondary N) is 1. The molecule has 2 heterocycles. The second-order valence-electron chi connectivity index (χ2n) is 8.47. The van der Waals surface area contributed by atoms with E-state index >= 15 is 0 Å². The fourth-order valence-corrected chi connectivity index (χ4v) is 5.13. The molecule has 1 aromatic heterocycles. The quantitative estimate of drug-likeness (QED) is 0.623. The molecule has 2 aromatic rings. The summed E-state index contributed by atoms with van der Waals surface area (Å²) in [5.74, 6) is 2.54. The molecule has 1 aliphatic carbocycles.